The van der Waals surface area contributed by atoms with E-state index in [0.717, 1.165) is 18.8 Å². The third kappa shape index (κ3) is 4.24. The maximum atomic E-state index is 6.11. The first-order valence-electron chi connectivity index (χ1n) is 7.94. The van der Waals surface area contributed by atoms with Gasteiger partial charge in [0, 0.05) is 6.04 Å². The average Bonchev–Trinajstić information content (AvgIpc) is 2.38. The summed E-state index contributed by atoms with van der Waals surface area (Å²) < 4.78 is 6.11. The van der Waals surface area contributed by atoms with Gasteiger partial charge in [0.15, 0.2) is 0 Å². The highest BCUT2D eigenvalue weighted by Crippen LogP contribution is 2.32. The number of piperidine rings is 1. The van der Waals surface area contributed by atoms with Crippen molar-refractivity contribution in [3.8, 4) is 5.75 Å². The van der Waals surface area contributed by atoms with Crippen molar-refractivity contribution in [2.45, 2.75) is 64.8 Å². The van der Waals surface area contributed by atoms with Gasteiger partial charge < -0.3 is 10.1 Å². The third-order valence-corrected chi connectivity index (χ3v) is 4.08. The Hall–Kier alpha value is -1.02. The Morgan fingerprint density at radius 1 is 1.25 bits per heavy atom. The molecule has 0 radical (unpaired) electrons. The van der Waals surface area contributed by atoms with E-state index in [1.165, 1.54) is 36.9 Å². The molecule has 1 aromatic rings. The second-order valence-corrected chi connectivity index (χ2v) is 7.03. The van der Waals surface area contributed by atoms with Crippen LogP contribution in [0.25, 0.3) is 0 Å². The zero-order valence-electron chi connectivity index (χ0n) is 13.5. The van der Waals surface area contributed by atoms with Crippen molar-refractivity contribution in [1.29, 1.82) is 0 Å². The number of benzene rings is 1. The predicted molar refractivity (Wildman–Crippen MR) is 85.6 cm³/mol. The molecule has 1 heterocycles. The molecule has 0 saturated carbocycles. The normalized spacial score (nSPS) is 19.9. The summed E-state index contributed by atoms with van der Waals surface area (Å²) in [6.45, 7) is 10.8. The van der Waals surface area contributed by atoms with E-state index in [4.69, 9.17) is 4.74 Å². The van der Waals surface area contributed by atoms with Crippen molar-refractivity contribution < 1.29 is 4.74 Å². The fraction of sp³-hybridized carbons (Fsp3) is 0.667. The van der Waals surface area contributed by atoms with Crippen molar-refractivity contribution >= 4 is 0 Å². The van der Waals surface area contributed by atoms with Gasteiger partial charge in [-0.25, -0.2) is 0 Å². The molecule has 0 aliphatic carbocycles. The molecule has 20 heavy (non-hydrogen) atoms. The molecule has 1 saturated heterocycles. The number of aryl methyl sites for hydroxylation is 1. The first kappa shape index (κ1) is 15.4. The lowest BCUT2D eigenvalue weighted by Crippen LogP contribution is -2.35. The smallest absolute Gasteiger partial charge is 0.123 e. The third-order valence-electron chi connectivity index (χ3n) is 4.08. The molecule has 1 aromatic carbocycles. The topological polar surface area (TPSA) is 21.3 Å². The summed E-state index contributed by atoms with van der Waals surface area (Å²) in [5.74, 6) is 1.06. The van der Waals surface area contributed by atoms with Gasteiger partial charge in [-0.15, -0.1) is 0 Å². The molecule has 1 unspecified atom stereocenters. The highest BCUT2D eigenvalue weighted by atomic mass is 16.5. The van der Waals surface area contributed by atoms with Crippen LogP contribution in [0, 0.1) is 6.92 Å². The SMILES string of the molecule is Cc1ccc(C(C)(C)C)c(OCCC2CCCCN2)c1. The number of hydrogen-bond donors (Lipinski definition) is 1. The summed E-state index contributed by atoms with van der Waals surface area (Å²) in [5.41, 5.74) is 2.70. The van der Waals surface area contributed by atoms with Gasteiger partial charge in [0.2, 0.25) is 0 Å². The van der Waals surface area contributed by atoms with Gasteiger partial charge in [0.1, 0.15) is 5.75 Å². The van der Waals surface area contributed by atoms with Gasteiger partial charge in [-0.3, -0.25) is 0 Å². The van der Waals surface area contributed by atoms with E-state index in [0.29, 0.717) is 6.04 Å². The number of nitrogens with one attached hydrogen (secondary N) is 1. The standard InChI is InChI=1S/C18H29NO/c1-14-8-9-16(18(2,3)4)17(13-14)20-12-10-15-7-5-6-11-19-15/h8-9,13,15,19H,5-7,10-12H2,1-4H3. The molecule has 0 amide bonds. The Balaban J connectivity index is 1.95. The molecule has 1 aliphatic heterocycles. The van der Waals surface area contributed by atoms with Gasteiger partial charge in [-0.1, -0.05) is 39.3 Å². The van der Waals surface area contributed by atoms with Crippen molar-refractivity contribution in [3.05, 3.63) is 29.3 Å². The molecule has 112 valence electrons. The summed E-state index contributed by atoms with van der Waals surface area (Å²) in [6.07, 6.45) is 5.08. The van der Waals surface area contributed by atoms with Gasteiger partial charge in [-0.2, -0.15) is 0 Å². The van der Waals surface area contributed by atoms with E-state index >= 15 is 0 Å². The number of rotatable bonds is 4. The number of hydrogen-bond acceptors (Lipinski definition) is 2. The molecule has 0 spiro atoms. The Labute approximate surface area is 123 Å². The van der Waals surface area contributed by atoms with Crippen molar-refractivity contribution in [1.82, 2.24) is 5.32 Å². The van der Waals surface area contributed by atoms with Gasteiger partial charge in [0.25, 0.3) is 0 Å². The number of ether oxygens (including phenoxy) is 1. The molecular formula is C18H29NO. The van der Waals surface area contributed by atoms with Crippen LogP contribution in [-0.4, -0.2) is 19.2 Å². The Kier molecular flexibility index (Phi) is 5.09. The minimum Gasteiger partial charge on any atom is -0.493 e. The van der Waals surface area contributed by atoms with E-state index in [2.05, 4.69) is 51.2 Å². The first-order chi connectivity index (χ1) is 9.47. The van der Waals surface area contributed by atoms with Crippen LogP contribution in [0.15, 0.2) is 18.2 Å². The maximum absolute atomic E-state index is 6.11. The summed E-state index contributed by atoms with van der Waals surface area (Å²) in [7, 11) is 0. The van der Waals surface area contributed by atoms with E-state index < -0.39 is 0 Å². The van der Waals surface area contributed by atoms with Crippen LogP contribution in [0.5, 0.6) is 5.75 Å². The molecule has 1 atom stereocenters. The van der Waals surface area contributed by atoms with E-state index in [1.54, 1.807) is 0 Å². The van der Waals surface area contributed by atoms with Gasteiger partial charge in [-0.05, 0) is 55.3 Å². The van der Waals surface area contributed by atoms with Gasteiger partial charge >= 0.3 is 0 Å². The largest absolute Gasteiger partial charge is 0.493 e. The minimum absolute atomic E-state index is 0.131. The molecule has 2 nitrogen and oxygen atoms in total. The molecule has 2 rings (SSSR count). The Morgan fingerprint density at radius 3 is 2.70 bits per heavy atom. The zero-order chi connectivity index (χ0) is 14.6. The van der Waals surface area contributed by atoms with E-state index in [-0.39, 0.29) is 5.41 Å². The average molecular weight is 275 g/mol. The highest BCUT2D eigenvalue weighted by molar-refractivity contribution is 5.41. The molecular weight excluding hydrogens is 246 g/mol. The minimum atomic E-state index is 0.131. The Morgan fingerprint density at radius 2 is 2.05 bits per heavy atom. The van der Waals surface area contributed by atoms with Crippen LogP contribution in [0.1, 0.15) is 57.6 Å². The molecule has 2 heteroatoms. The summed E-state index contributed by atoms with van der Waals surface area (Å²) in [5, 5.41) is 3.58. The lowest BCUT2D eigenvalue weighted by Gasteiger charge is -2.25. The zero-order valence-corrected chi connectivity index (χ0v) is 13.5. The summed E-state index contributed by atoms with van der Waals surface area (Å²) in [6, 6.07) is 7.21. The Bertz CT molecular complexity index is 428. The van der Waals surface area contributed by atoms with Crippen LogP contribution in [0.2, 0.25) is 0 Å². The van der Waals surface area contributed by atoms with Crippen LogP contribution in [-0.2, 0) is 5.41 Å². The quantitative estimate of drug-likeness (QED) is 0.889. The fourth-order valence-corrected chi connectivity index (χ4v) is 2.85. The van der Waals surface area contributed by atoms with E-state index in [9.17, 15) is 0 Å². The van der Waals surface area contributed by atoms with Crippen LogP contribution >= 0.6 is 0 Å². The van der Waals surface area contributed by atoms with Crippen molar-refractivity contribution in [2.24, 2.45) is 0 Å². The first-order valence-corrected chi connectivity index (χ1v) is 7.94. The van der Waals surface area contributed by atoms with E-state index in [1.807, 2.05) is 0 Å². The van der Waals surface area contributed by atoms with Crippen LogP contribution < -0.4 is 10.1 Å². The fourth-order valence-electron chi connectivity index (χ4n) is 2.85. The second-order valence-electron chi connectivity index (χ2n) is 7.03. The lowest BCUT2D eigenvalue weighted by atomic mass is 9.86. The molecule has 0 bridgehead atoms. The molecule has 1 fully saturated rings. The molecule has 1 N–H and O–H groups in total. The van der Waals surface area contributed by atoms with Crippen molar-refractivity contribution in [3.63, 3.8) is 0 Å². The summed E-state index contributed by atoms with van der Waals surface area (Å²) in [4.78, 5) is 0. The van der Waals surface area contributed by atoms with Crippen LogP contribution in [0.4, 0.5) is 0 Å². The highest BCUT2D eigenvalue weighted by Gasteiger charge is 2.19. The molecule has 1 aliphatic rings. The monoisotopic (exact) mass is 275 g/mol. The summed E-state index contributed by atoms with van der Waals surface area (Å²) >= 11 is 0. The van der Waals surface area contributed by atoms with Crippen molar-refractivity contribution in [2.75, 3.05) is 13.2 Å². The predicted octanol–water partition coefficient (Wildman–Crippen LogP) is 4.20. The molecule has 0 aromatic heterocycles. The van der Waals surface area contributed by atoms with Gasteiger partial charge in [0.05, 0.1) is 6.61 Å². The van der Waals surface area contributed by atoms with Crippen LogP contribution in [0.3, 0.4) is 0 Å². The second kappa shape index (κ2) is 6.62. The maximum Gasteiger partial charge on any atom is 0.123 e. The lowest BCUT2D eigenvalue weighted by molar-refractivity contribution is 0.263.